The molecule has 1 aromatic carbocycles. The SMILES string of the molecule is CCN(Cc1ccc(N(C)C)cc1)CC(C)(C)O. The van der Waals surface area contributed by atoms with Gasteiger partial charge in [0, 0.05) is 32.9 Å². The fraction of sp³-hybridized carbons (Fsp3) is 0.600. The van der Waals surface area contributed by atoms with Crippen LogP contribution in [0.2, 0.25) is 0 Å². The lowest BCUT2D eigenvalue weighted by atomic mass is 10.1. The molecule has 102 valence electrons. The van der Waals surface area contributed by atoms with Gasteiger partial charge in [-0.2, -0.15) is 0 Å². The topological polar surface area (TPSA) is 26.7 Å². The molecular formula is C15H26N2O. The Hall–Kier alpha value is -1.06. The molecule has 1 aromatic rings. The first-order valence-corrected chi connectivity index (χ1v) is 6.53. The van der Waals surface area contributed by atoms with Gasteiger partial charge in [0.25, 0.3) is 0 Å². The molecule has 0 aromatic heterocycles. The van der Waals surface area contributed by atoms with Gasteiger partial charge in [-0.3, -0.25) is 4.90 Å². The van der Waals surface area contributed by atoms with Crippen LogP contribution in [0.15, 0.2) is 24.3 Å². The minimum absolute atomic E-state index is 0.639. The standard InChI is InChI=1S/C15H26N2O/c1-6-17(12-15(2,3)18)11-13-7-9-14(10-8-13)16(4)5/h7-10,18H,6,11-12H2,1-5H3. The molecule has 0 fully saturated rings. The van der Waals surface area contributed by atoms with Crippen LogP contribution < -0.4 is 4.90 Å². The molecule has 18 heavy (non-hydrogen) atoms. The van der Waals surface area contributed by atoms with Gasteiger partial charge >= 0.3 is 0 Å². The van der Waals surface area contributed by atoms with E-state index < -0.39 is 5.60 Å². The van der Waals surface area contributed by atoms with Crippen molar-refractivity contribution in [3.8, 4) is 0 Å². The summed E-state index contributed by atoms with van der Waals surface area (Å²) in [5.74, 6) is 0. The second kappa shape index (κ2) is 6.21. The first-order chi connectivity index (χ1) is 8.31. The van der Waals surface area contributed by atoms with Gasteiger partial charge in [-0.25, -0.2) is 0 Å². The lowest BCUT2D eigenvalue weighted by molar-refractivity contribution is 0.0353. The zero-order chi connectivity index (χ0) is 13.8. The zero-order valence-corrected chi connectivity index (χ0v) is 12.3. The van der Waals surface area contributed by atoms with Gasteiger partial charge in [0.2, 0.25) is 0 Å². The zero-order valence-electron chi connectivity index (χ0n) is 12.3. The smallest absolute Gasteiger partial charge is 0.0718 e. The van der Waals surface area contributed by atoms with Crippen molar-refractivity contribution in [1.29, 1.82) is 0 Å². The lowest BCUT2D eigenvalue weighted by Gasteiger charge is -2.28. The van der Waals surface area contributed by atoms with Gasteiger partial charge in [0.05, 0.1) is 5.60 Å². The van der Waals surface area contributed by atoms with E-state index in [-0.39, 0.29) is 0 Å². The van der Waals surface area contributed by atoms with E-state index in [1.165, 1.54) is 11.3 Å². The van der Waals surface area contributed by atoms with Crippen LogP contribution in [-0.2, 0) is 6.54 Å². The summed E-state index contributed by atoms with van der Waals surface area (Å²) in [7, 11) is 4.09. The van der Waals surface area contributed by atoms with Gasteiger partial charge in [-0.15, -0.1) is 0 Å². The van der Waals surface area contributed by atoms with Crippen molar-refractivity contribution in [2.45, 2.75) is 32.9 Å². The van der Waals surface area contributed by atoms with E-state index in [0.717, 1.165) is 13.1 Å². The quantitative estimate of drug-likeness (QED) is 0.839. The number of hydrogen-bond donors (Lipinski definition) is 1. The third-order valence-electron chi connectivity index (χ3n) is 2.92. The van der Waals surface area contributed by atoms with E-state index >= 15 is 0 Å². The predicted octanol–water partition coefficient (Wildman–Crippen LogP) is 2.35. The molecule has 3 nitrogen and oxygen atoms in total. The Morgan fingerprint density at radius 1 is 1.11 bits per heavy atom. The van der Waals surface area contributed by atoms with Gasteiger partial charge in [0.15, 0.2) is 0 Å². The van der Waals surface area contributed by atoms with Crippen LogP contribution in [0.5, 0.6) is 0 Å². The minimum atomic E-state index is -0.639. The number of likely N-dealkylation sites (N-methyl/N-ethyl adjacent to an activating group) is 1. The van der Waals surface area contributed by atoms with Gasteiger partial charge in [-0.05, 0) is 38.1 Å². The molecule has 0 saturated carbocycles. The normalized spacial score (nSPS) is 11.9. The Kier molecular flexibility index (Phi) is 5.17. The van der Waals surface area contributed by atoms with Gasteiger partial charge in [-0.1, -0.05) is 19.1 Å². The van der Waals surface area contributed by atoms with Crippen LogP contribution in [-0.4, -0.2) is 42.8 Å². The van der Waals surface area contributed by atoms with Crippen molar-refractivity contribution in [2.75, 3.05) is 32.1 Å². The van der Waals surface area contributed by atoms with E-state index in [4.69, 9.17) is 0 Å². The number of aliphatic hydroxyl groups is 1. The summed E-state index contributed by atoms with van der Waals surface area (Å²) < 4.78 is 0. The van der Waals surface area contributed by atoms with Crippen LogP contribution in [0.4, 0.5) is 5.69 Å². The van der Waals surface area contributed by atoms with Crippen LogP contribution >= 0.6 is 0 Å². The molecule has 0 amide bonds. The third kappa shape index (κ3) is 5.07. The van der Waals surface area contributed by atoms with Gasteiger partial charge in [0.1, 0.15) is 0 Å². The average Bonchev–Trinajstić information content (AvgIpc) is 2.27. The first-order valence-electron chi connectivity index (χ1n) is 6.53. The summed E-state index contributed by atoms with van der Waals surface area (Å²) in [4.78, 5) is 4.35. The monoisotopic (exact) mass is 250 g/mol. The summed E-state index contributed by atoms with van der Waals surface area (Å²) in [6.07, 6.45) is 0. The summed E-state index contributed by atoms with van der Waals surface area (Å²) in [6, 6.07) is 8.57. The van der Waals surface area contributed by atoms with Crippen LogP contribution in [0, 0.1) is 0 Å². The van der Waals surface area contributed by atoms with Gasteiger partial charge < -0.3 is 10.0 Å². The Morgan fingerprint density at radius 2 is 1.67 bits per heavy atom. The molecule has 0 atom stereocenters. The molecule has 0 heterocycles. The van der Waals surface area contributed by atoms with E-state index in [1.54, 1.807) is 0 Å². The number of rotatable bonds is 6. The molecule has 3 heteroatoms. The molecule has 0 bridgehead atoms. The van der Waals surface area contributed by atoms with Crippen molar-refractivity contribution in [1.82, 2.24) is 4.90 Å². The molecule has 0 unspecified atom stereocenters. The predicted molar refractivity (Wildman–Crippen MR) is 78.0 cm³/mol. The maximum Gasteiger partial charge on any atom is 0.0718 e. The molecule has 0 aliphatic carbocycles. The summed E-state index contributed by atoms with van der Waals surface area (Å²) in [6.45, 7) is 8.35. The van der Waals surface area contributed by atoms with E-state index in [0.29, 0.717) is 6.54 Å². The van der Waals surface area contributed by atoms with Crippen LogP contribution in [0.3, 0.4) is 0 Å². The second-order valence-corrected chi connectivity index (χ2v) is 5.68. The maximum absolute atomic E-state index is 9.87. The Morgan fingerprint density at radius 3 is 2.06 bits per heavy atom. The van der Waals surface area contributed by atoms with Crippen LogP contribution in [0.25, 0.3) is 0 Å². The van der Waals surface area contributed by atoms with Crippen molar-refractivity contribution in [3.05, 3.63) is 29.8 Å². The summed E-state index contributed by atoms with van der Waals surface area (Å²) in [5.41, 5.74) is 1.86. The van der Waals surface area contributed by atoms with E-state index in [1.807, 2.05) is 27.9 Å². The molecule has 0 spiro atoms. The fourth-order valence-corrected chi connectivity index (χ4v) is 1.98. The Labute approximate surface area is 111 Å². The molecule has 0 saturated heterocycles. The van der Waals surface area contributed by atoms with E-state index in [2.05, 4.69) is 41.0 Å². The van der Waals surface area contributed by atoms with Crippen molar-refractivity contribution >= 4 is 5.69 Å². The average molecular weight is 250 g/mol. The van der Waals surface area contributed by atoms with Crippen molar-refractivity contribution in [3.63, 3.8) is 0 Å². The maximum atomic E-state index is 9.87. The number of benzene rings is 1. The molecule has 1 N–H and O–H groups in total. The highest BCUT2D eigenvalue weighted by molar-refractivity contribution is 5.45. The molecule has 0 aliphatic rings. The Bertz CT molecular complexity index is 352. The number of hydrogen-bond acceptors (Lipinski definition) is 3. The van der Waals surface area contributed by atoms with Crippen molar-refractivity contribution < 1.29 is 5.11 Å². The lowest BCUT2D eigenvalue weighted by Crippen LogP contribution is -2.38. The summed E-state index contributed by atoms with van der Waals surface area (Å²) in [5, 5.41) is 9.87. The highest BCUT2D eigenvalue weighted by atomic mass is 16.3. The highest BCUT2D eigenvalue weighted by Gasteiger charge is 2.17. The molecule has 0 radical (unpaired) electrons. The molecule has 0 aliphatic heterocycles. The van der Waals surface area contributed by atoms with Crippen LogP contribution in [0.1, 0.15) is 26.3 Å². The Balaban J connectivity index is 2.65. The summed E-state index contributed by atoms with van der Waals surface area (Å²) >= 11 is 0. The number of anilines is 1. The number of nitrogens with zero attached hydrogens (tertiary/aromatic N) is 2. The first kappa shape index (κ1) is 15.0. The molecule has 1 rings (SSSR count). The van der Waals surface area contributed by atoms with E-state index in [9.17, 15) is 5.11 Å². The van der Waals surface area contributed by atoms with Crippen molar-refractivity contribution in [2.24, 2.45) is 0 Å². The third-order valence-corrected chi connectivity index (χ3v) is 2.92. The highest BCUT2D eigenvalue weighted by Crippen LogP contribution is 2.15. The largest absolute Gasteiger partial charge is 0.389 e. The second-order valence-electron chi connectivity index (χ2n) is 5.68. The minimum Gasteiger partial charge on any atom is -0.389 e. The fourth-order valence-electron chi connectivity index (χ4n) is 1.98. The molecular weight excluding hydrogens is 224 g/mol.